The molecule has 0 atom stereocenters. The first-order valence-electron chi connectivity index (χ1n) is 6.98. The highest BCUT2D eigenvalue weighted by atomic mass is 16.5. The Balaban J connectivity index is 2.08. The Hall–Kier alpha value is -1.84. The summed E-state index contributed by atoms with van der Waals surface area (Å²) in [6, 6.07) is 9.94. The zero-order valence-electron chi connectivity index (χ0n) is 12.1. The molecular formula is C16H21NO3. The predicted molar refractivity (Wildman–Crippen MR) is 76.2 cm³/mol. The first-order chi connectivity index (χ1) is 9.60. The van der Waals surface area contributed by atoms with E-state index >= 15 is 0 Å². The maximum Gasteiger partial charge on any atom is 0.307 e. The molecule has 1 aliphatic carbocycles. The van der Waals surface area contributed by atoms with Crippen molar-refractivity contribution in [1.82, 2.24) is 4.90 Å². The summed E-state index contributed by atoms with van der Waals surface area (Å²) in [4.78, 5) is 25.6. The Kier molecular flexibility index (Phi) is 4.42. The molecule has 4 nitrogen and oxygen atoms in total. The summed E-state index contributed by atoms with van der Waals surface area (Å²) in [6.07, 6.45) is 3.09. The fraction of sp³-hybridized carbons (Fsp3) is 0.500. The van der Waals surface area contributed by atoms with E-state index in [0.717, 1.165) is 24.8 Å². The molecule has 0 aliphatic heterocycles. The van der Waals surface area contributed by atoms with Gasteiger partial charge in [-0.25, -0.2) is 0 Å². The van der Waals surface area contributed by atoms with Crippen LogP contribution in [-0.2, 0) is 19.7 Å². The number of methoxy groups -OCH3 is 1. The van der Waals surface area contributed by atoms with Crippen molar-refractivity contribution in [2.24, 2.45) is 0 Å². The molecule has 0 bridgehead atoms. The average Bonchev–Trinajstić information content (AvgIpc) is 2.44. The molecule has 4 heteroatoms. The van der Waals surface area contributed by atoms with Crippen LogP contribution in [0.2, 0.25) is 0 Å². The second-order valence-corrected chi connectivity index (χ2v) is 5.35. The molecule has 0 saturated heterocycles. The van der Waals surface area contributed by atoms with Gasteiger partial charge in [-0.15, -0.1) is 0 Å². The molecule has 0 N–H and O–H groups in total. The number of likely N-dealkylation sites (N-methyl/N-ethyl adjacent to an activating group) is 1. The van der Waals surface area contributed by atoms with Gasteiger partial charge in [-0.3, -0.25) is 9.59 Å². The maximum absolute atomic E-state index is 12.7. The molecule has 1 aliphatic rings. The molecule has 0 unspecified atom stereocenters. The lowest BCUT2D eigenvalue weighted by atomic mass is 9.63. The van der Waals surface area contributed by atoms with Crippen molar-refractivity contribution in [1.29, 1.82) is 0 Å². The lowest BCUT2D eigenvalue weighted by molar-refractivity contribution is -0.143. The van der Waals surface area contributed by atoms with Crippen LogP contribution in [0.25, 0.3) is 0 Å². The van der Waals surface area contributed by atoms with Crippen LogP contribution in [0.15, 0.2) is 30.3 Å². The van der Waals surface area contributed by atoms with Crippen LogP contribution in [0.3, 0.4) is 0 Å². The van der Waals surface area contributed by atoms with E-state index in [4.69, 9.17) is 0 Å². The van der Waals surface area contributed by atoms with Crippen molar-refractivity contribution < 1.29 is 14.3 Å². The molecule has 0 spiro atoms. The largest absolute Gasteiger partial charge is 0.469 e. The van der Waals surface area contributed by atoms with Crippen LogP contribution < -0.4 is 0 Å². The molecule has 108 valence electrons. The van der Waals surface area contributed by atoms with Gasteiger partial charge in [-0.05, 0) is 18.4 Å². The van der Waals surface area contributed by atoms with Gasteiger partial charge in [0.25, 0.3) is 0 Å². The molecule has 0 radical (unpaired) electrons. The molecule has 2 rings (SSSR count). The Bertz CT molecular complexity index is 480. The van der Waals surface area contributed by atoms with Gasteiger partial charge in [-0.1, -0.05) is 36.8 Å². The summed E-state index contributed by atoms with van der Waals surface area (Å²) in [5, 5.41) is 0. The van der Waals surface area contributed by atoms with Crippen molar-refractivity contribution in [2.45, 2.75) is 31.1 Å². The fourth-order valence-corrected chi connectivity index (χ4v) is 2.74. The van der Waals surface area contributed by atoms with Crippen molar-refractivity contribution in [2.75, 3.05) is 20.7 Å². The quantitative estimate of drug-likeness (QED) is 0.773. The van der Waals surface area contributed by atoms with Crippen LogP contribution in [0, 0.1) is 0 Å². The first kappa shape index (κ1) is 14.6. The Labute approximate surface area is 119 Å². The number of benzene rings is 1. The van der Waals surface area contributed by atoms with E-state index in [1.165, 1.54) is 7.11 Å². The average molecular weight is 275 g/mol. The highest BCUT2D eigenvalue weighted by molar-refractivity contribution is 5.89. The first-order valence-corrected chi connectivity index (χ1v) is 6.98. The zero-order chi connectivity index (χ0) is 14.6. The number of carbonyl (C=O) groups is 2. The summed E-state index contributed by atoms with van der Waals surface area (Å²) >= 11 is 0. The Morgan fingerprint density at radius 2 is 1.90 bits per heavy atom. The standard InChI is InChI=1S/C16H21NO3/c1-17(12-9-14(18)20-2)15(19)16(10-6-11-16)13-7-4-3-5-8-13/h3-5,7-8H,6,9-12H2,1-2H3. The smallest absolute Gasteiger partial charge is 0.307 e. The summed E-state index contributed by atoms with van der Waals surface area (Å²) in [5.41, 5.74) is 0.702. The number of ether oxygens (including phenoxy) is 1. The van der Waals surface area contributed by atoms with E-state index in [0.29, 0.717) is 6.54 Å². The SMILES string of the molecule is COC(=O)CCN(C)C(=O)C1(c2ccccc2)CCC1. The number of carbonyl (C=O) groups excluding carboxylic acids is 2. The second-order valence-electron chi connectivity index (χ2n) is 5.35. The van der Waals surface area contributed by atoms with E-state index in [1.807, 2.05) is 30.3 Å². The minimum absolute atomic E-state index is 0.110. The lowest BCUT2D eigenvalue weighted by Crippen LogP contribution is -2.50. The topological polar surface area (TPSA) is 46.6 Å². The Morgan fingerprint density at radius 1 is 1.25 bits per heavy atom. The third-order valence-corrected chi connectivity index (χ3v) is 4.17. The fourth-order valence-electron chi connectivity index (χ4n) is 2.74. The van der Waals surface area contributed by atoms with Crippen molar-refractivity contribution in [3.05, 3.63) is 35.9 Å². The molecular weight excluding hydrogens is 254 g/mol. The molecule has 1 saturated carbocycles. The Morgan fingerprint density at radius 3 is 2.40 bits per heavy atom. The molecule has 0 aromatic heterocycles. The monoisotopic (exact) mass is 275 g/mol. The van der Waals surface area contributed by atoms with Crippen LogP contribution in [0.1, 0.15) is 31.2 Å². The maximum atomic E-state index is 12.7. The number of amides is 1. The van der Waals surface area contributed by atoms with Crippen LogP contribution in [0.4, 0.5) is 0 Å². The van der Waals surface area contributed by atoms with E-state index in [9.17, 15) is 9.59 Å². The number of hydrogen-bond acceptors (Lipinski definition) is 3. The third-order valence-electron chi connectivity index (χ3n) is 4.17. The number of hydrogen-bond donors (Lipinski definition) is 0. The lowest BCUT2D eigenvalue weighted by Gasteiger charge is -2.43. The van der Waals surface area contributed by atoms with Crippen molar-refractivity contribution in [3.8, 4) is 0 Å². The summed E-state index contributed by atoms with van der Waals surface area (Å²) in [6.45, 7) is 0.403. The van der Waals surface area contributed by atoms with Gasteiger partial charge < -0.3 is 9.64 Å². The van der Waals surface area contributed by atoms with Crippen molar-refractivity contribution >= 4 is 11.9 Å². The molecule has 20 heavy (non-hydrogen) atoms. The van der Waals surface area contributed by atoms with E-state index in [2.05, 4.69) is 4.74 Å². The number of rotatable bonds is 5. The van der Waals surface area contributed by atoms with E-state index in [-0.39, 0.29) is 23.7 Å². The van der Waals surface area contributed by atoms with Crippen LogP contribution in [-0.4, -0.2) is 37.5 Å². The highest BCUT2D eigenvalue weighted by Crippen LogP contribution is 2.44. The van der Waals surface area contributed by atoms with Gasteiger partial charge in [0, 0.05) is 13.6 Å². The predicted octanol–water partition coefficient (Wildman–Crippen LogP) is 2.13. The van der Waals surface area contributed by atoms with Gasteiger partial charge in [-0.2, -0.15) is 0 Å². The molecule has 1 amide bonds. The van der Waals surface area contributed by atoms with Gasteiger partial charge in [0.1, 0.15) is 0 Å². The number of nitrogens with zero attached hydrogens (tertiary/aromatic N) is 1. The third kappa shape index (κ3) is 2.69. The van der Waals surface area contributed by atoms with Gasteiger partial charge in [0.15, 0.2) is 0 Å². The second kappa shape index (κ2) is 6.07. The molecule has 1 fully saturated rings. The molecule has 1 aromatic carbocycles. The van der Waals surface area contributed by atoms with E-state index in [1.54, 1.807) is 11.9 Å². The minimum Gasteiger partial charge on any atom is -0.469 e. The molecule has 1 aromatic rings. The summed E-state index contributed by atoms with van der Waals surface area (Å²) < 4.78 is 4.61. The highest BCUT2D eigenvalue weighted by Gasteiger charge is 2.46. The van der Waals surface area contributed by atoms with Gasteiger partial charge in [0.2, 0.25) is 5.91 Å². The summed E-state index contributed by atoms with van der Waals surface area (Å²) in [7, 11) is 3.12. The van der Waals surface area contributed by atoms with Crippen LogP contribution >= 0.6 is 0 Å². The van der Waals surface area contributed by atoms with Gasteiger partial charge in [0.05, 0.1) is 18.9 Å². The van der Waals surface area contributed by atoms with Crippen molar-refractivity contribution in [3.63, 3.8) is 0 Å². The normalized spacial score (nSPS) is 16.1. The minimum atomic E-state index is -0.383. The molecule has 0 heterocycles. The number of esters is 1. The van der Waals surface area contributed by atoms with Gasteiger partial charge >= 0.3 is 5.97 Å². The van der Waals surface area contributed by atoms with E-state index < -0.39 is 0 Å². The summed E-state index contributed by atoms with van der Waals surface area (Å²) in [5.74, 6) is -0.175. The zero-order valence-corrected chi connectivity index (χ0v) is 12.1. The van der Waals surface area contributed by atoms with Crippen LogP contribution in [0.5, 0.6) is 0 Å².